The summed E-state index contributed by atoms with van der Waals surface area (Å²) < 4.78 is 5.16. The summed E-state index contributed by atoms with van der Waals surface area (Å²) in [4.78, 5) is 41.8. The number of carbonyl (C=O) groups is 3. The third-order valence-corrected chi connectivity index (χ3v) is 4.48. The van der Waals surface area contributed by atoms with Crippen LogP contribution in [0, 0.1) is 5.92 Å². The second-order valence-corrected chi connectivity index (χ2v) is 6.19. The summed E-state index contributed by atoms with van der Waals surface area (Å²) in [7, 11) is 0. The molecular formula is C16H21N4O4+. The average Bonchev–Trinajstić information content (AvgIpc) is 3.06. The highest BCUT2D eigenvalue weighted by molar-refractivity contribution is 6.23. The fourth-order valence-electron chi connectivity index (χ4n) is 3.05. The van der Waals surface area contributed by atoms with Crippen molar-refractivity contribution in [2.24, 2.45) is 10.9 Å². The fourth-order valence-corrected chi connectivity index (χ4v) is 3.05. The van der Waals surface area contributed by atoms with Gasteiger partial charge in [0.25, 0.3) is 0 Å². The summed E-state index contributed by atoms with van der Waals surface area (Å²) in [5, 5.41) is 2.20. The van der Waals surface area contributed by atoms with Crippen LogP contribution in [-0.2, 0) is 16.1 Å². The lowest BCUT2D eigenvalue weighted by Crippen LogP contribution is -2.66. The Kier molecular flexibility index (Phi) is 4.75. The van der Waals surface area contributed by atoms with Gasteiger partial charge >= 0.3 is 6.03 Å². The van der Waals surface area contributed by atoms with Gasteiger partial charge < -0.3 is 10.2 Å². The van der Waals surface area contributed by atoms with Gasteiger partial charge in [-0.3, -0.25) is 24.8 Å². The molecular weight excluding hydrogens is 312 g/mol. The molecule has 24 heavy (non-hydrogen) atoms. The van der Waals surface area contributed by atoms with E-state index in [2.05, 4.69) is 16.0 Å². The van der Waals surface area contributed by atoms with E-state index in [0.717, 1.165) is 30.6 Å². The number of quaternary nitrogens is 1. The highest BCUT2D eigenvalue weighted by atomic mass is 16.3. The molecule has 1 aromatic heterocycles. The smallest absolute Gasteiger partial charge is 0.331 e. The molecule has 1 aromatic rings. The second-order valence-electron chi connectivity index (χ2n) is 6.19. The van der Waals surface area contributed by atoms with Crippen molar-refractivity contribution < 1.29 is 24.5 Å². The molecule has 0 radical (unpaired) electrons. The van der Waals surface area contributed by atoms with Gasteiger partial charge in [-0.05, 0) is 25.0 Å². The number of aliphatic imine (C=N–C) groups is 1. The van der Waals surface area contributed by atoms with E-state index in [1.807, 2.05) is 0 Å². The van der Waals surface area contributed by atoms with E-state index in [9.17, 15) is 14.4 Å². The first-order valence-corrected chi connectivity index (χ1v) is 8.11. The third kappa shape index (κ3) is 3.38. The molecule has 8 nitrogen and oxygen atoms in total. The van der Waals surface area contributed by atoms with Gasteiger partial charge in [0.15, 0.2) is 5.92 Å². The molecule has 3 atom stereocenters. The molecule has 1 aliphatic heterocycles. The first-order chi connectivity index (χ1) is 11.6. The Labute approximate surface area is 139 Å². The monoisotopic (exact) mass is 333 g/mol. The predicted molar refractivity (Wildman–Crippen MR) is 83.7 cm³/mol. The van der Waals surface area contributed by atoms with E-state index in [4.69, 9.17) is 4.42 Å². The number of amides is 4. The van der Waals surface area contributed by atoms with Crippen LogP contribution in [0.25, 0.3) is 0 Å². The topological polar surface area (TPSA) is 120 Å². The first kappa shape index (κ1) is 16.4. The number of rotatable bonds is 4. The summed E-state index contributed by atoms with van der Waals surface area (Å²) in [5.41, 5.74) is 4.08. The number of carbonyl (C=O) groups excluding carboxylic acids is 3. The third-order valence-electron chi connectivity index (χ3n) is 4.48. The van der Waals surface area contributed by atoms with Gasteiger partial charge in [-0.2, -0.15) is 0 Å². The lowest BCUT2D eigenvalue weighted by Gasteiger charge is -2.28. The lowest BCUT2D eigenvalue weighted by molar-refractivity contribution is -0.428. The second kappa shape index (κ2) is 6.96. The van der Waals surface area contributed by atoms with E-state index < -0.39 is 23.8 Å². The number of hydrogen-bond acceptors (Lipinski definition) is 5. The van der Waals surface area contributed by atoms with Crippen LogP contribution < -0.4 is 11.1 Å². The SMILES string of the molecule is [NH3+][C@H]1CCCC[C@H]1N=C[C@@H]1C(=O)NC(=O)N(Cc2ccco2)C1=O. The molecule has 8 heteroatoms. The van der Waals surface area contributed by atoms with E-state index in [-0.39, 0.29) is 18.6 Å². The molecule has 1 aliphatic carbocycles. The summed E-state index contributed by atoms with van der Waals surface area (Å²) in [6, 6.07) is 2.81. The van der Waals surface area contributed by atoms with Crippen LogP contribution in [0.5, 0.6) is 0 Å². The summed E-state index contributed by atoms with van der Waals surface area (Å²) in [6.45, 7) is -0.0172. The normalized spacial score (nSPS) is 28.5. The predicted octanol–water partition coefficient (Wildman–Crippen LogP) is 0.0981. The van der Waals surface area contributed by atoms with Crippen molar-refractivity contribution in [2.45, 2.75) is 44.3 Å². The minimum atomic E-state index is -1.09. The van der Waals surface area contributed by atoms with Crippen molar-refractivity contribution in [3.8, 4) is 0 Å². The van der Waals surface area contributed by atoms with Crippen LogP contribution in [0.15, 0.2) is 27.8 Å². The van der Waals surface area contributed by atoms with Gasteiger partial charge in [0.1, 0.15) is 17.8 Å². The highest BCUT2D eigenvalue weighted by Gasteiger charge is 2.40. The van der Waals surface area contributed by atoms with Crippen molar-refractivity contribution in [3.63, 3.8) is 0 Å². The molecule has 2 heterocycles. The number of barbiturate groups is 1. The van der Waals surface area contributed by atoms with Crippen molar-refractivity contribution in [1.29, 1.82) is 0 Å². The zero-order valence-electron chi connectivity index (χ0n) is 13.3. The molecule has 0 unspecified atom stereocenters. The molecule has 0 aromatic carbocycles. The minimum Gasteiger partial charge on any atom is -0.467 e. The lowest BCUT2D eigenvalue weighted by atomic mass is 9.91. The van der Waals surface area contributed by atoms with E-state index >= 15 is 0 Å². The van der Waals surface area contributed by atoms with Crippen LogP contribution in [-0.4, -0.2) is 41.0 Å². The van der Waals surface area contributed by atoms with Crippen molar-refractivity contribution in [1.82, 2.24) is 10.2 Å². The van der Waals surface area contributed by atoms with Crippen LogP contribution >= 0.6 is 0 Å². The van der Waals surface area contributed by atoms with Crippen LogP contribution in [0.1, 0.15) is 31.4 Å². The van der Waals surface area contributed by atoms with Crippen LogP contribution in [0.4, 0.5) is 4.79 Å². The fraction of sp³-hybridized carbons (Fsp3) is 0.500. The summed E-state index contributed by atoms with van der Waals surface area (Å²) >= 11 is 0. The Bertz CT molecular complexity index is 655. The number of hydrogen-bond donors (Lipinski definition) is 2. The summed E-state index contributed by atoms with van der Waals surface area (Å²) in [6.07, 6.45) is 6.94. The van der Waals surface area contributed by atoms with Crippen molar-refractivity contribution in [2.75, 3.05) is 0 Å². The maximum atomic E-state index is 12.5. The minimum absolute atomic E-state index is 0.0172. The number of urea groups is 1. The van der Waals surface area contributed by atoms with Gasteiger partial charge in [-0.1, -0.05) is 6.42 Å². The summed E-state index contributed by atoms with van der Waals surface area (Å²) in [5.74, 6) is -1.85. The number of nitrogens with one attached hydrogen (secondary N) is 1. The van der Waals surface area contributed by atoms with E-state index in [1.165, 1.54) is 12.5 Å². The largest absolute Gasteiger partial charge is 0.467 e. The van der Waals surface area contributed by atoms with Crippen LogP contribution in [0.2, 0.25) is 0 Å². The molecule has 3 rings (SSSR count). The average molecular weight is 333 g/mol. The molecule has 2 aliphatic rings. The van der Waals surface area contributed by atoms with Crippen molar-refractivity contribution in [3.05, 3.63) is 24.2 Å². The maximum absolute atomic E-state index is 12.5. The van der Waals surface area contributed by atoms with Gasteiger partial charge in [0.05, 0.1) is 12.8 Å². The Morgan fingerprint density at radius 1 is 1.33 bits per heavy atom. The quantitative estimate of drug-likeness (QED) is 0.599. The molecule has 2 fully saturated rings. The molecule has 1 saturated heterocycles. The number of nitrogens with zero attached hydrogens (tertiary/aromatic N) is 2. The van der Waals surface area contributed by atoms with E-state index in [1.54, 1.807) is 12.1 Å². The number of imide groups is 2. The molecule has 4 N–H and O–H groups in total. The zero-order chi connectivity index (χ0) is 17.1. The van der Waals surface area contributed by atoms with Gasteiger partial charge in [-0.15, -0.1) is 0 Å². The molecule has 0 bridgehead atoms. The molecule has 4 amide bonds. The maximum Gasteiger partial charge on any atom is 0.331 e. The van der Waals surface area contributed by atoms with Crippen molar-refractivity contribution >= 4 is 24.1 Å². The highest BCUT2D eigenvalue weighted by Crippen LogP contribution is 2.19. The Morgan fingerprint density at radius 2 is 2.12 bits per heavy atom. The Hall–Kier alpha value is -2.48. The van der Waals surface area contributed by atoms with Crippen LogP contribution in [0.3, 0.4) is 0 Å². The number of furan rings is 1. The Morgan fingerprint density at radius 3 is 2.83 bits per heavy atom. The van der Waals surface area contributed by atoms with Gasteiger partial charge in [0.2, 0.25) is 11.8 Å². The Balaban J connectivity index is 1.72. The molecule has 128 valence electrons. The molecule has 0 spiro atoms. The van der Waals surface area contributed by atoms with Gasteiger partial charge in [0, 0.05) is 12.6 Å². The first-order valence-electron chi connectivity index (χ1n) is 8.11. The zero-order valence-corrected chi connectivity index (χ0v) is 13.3. The van der Waals surface area contributed by atoms with E-state index in [0.29, 0.717) is 5.76 Å². The molecule has 1 saturated carbocycles. The standard InChI is InChI=1S/C16H20N4O4/c17-12-5-1-2-6-13(12)18-8-11-14(21)19-16(23)20(15(11)22)9-10-4-3-7-24-10/h3-4,7-8,11-13H,1-2,5-6,9,17H2,(H,19,21,23)/p+1/t11-,12+,13-/m1/s1. The van der Waals surface area contributed by atoms with Gasteiger partial charge in [-0.25, -0.2) is 4.79 Å².